The maximum absolute atomic E-state index is 12.5. The van der Waals surface area contributed by atoms with Crippen LogP contribution in [0.15, 0.2) is 67.0 Å². The molecule has 54 heavy (non-hydrogen) atoms. The molecular formula is C37H45F3N6O8. The minimum atomic E-state index is -5.08. The maximum Gasteiger partial charge on any atom is 0.490 e. The Balaban J connectivity index is 0.000000730. The molecule has 17 heteroatoms. The number of ether oxygens (including phenoxy) is 2. The van der Waals surface area contributed by atoms with Crippen LogP contribution in [0, 0.1) is 0 Å². The minimum absolute atomic E-state index is 0.0727. The van der Waals surface area contributed by atoms with E-state index >= 15 is 0 Å². The quantitative estimate of drug-likeness (QED) is 0.161. The first-order valence-electron chi connectivity index (χ1n) is 17.5. The van der Waals surface area contributed by atoms with Crippen LogP contribution in [-0.4, -0.2) is 108 Å². The molecule has 2 aromatic carbocycles. The number of halogens is 3. The first kappa shape index (κ1) is 40.3. The van der Waals surface area contributed by atoms with Crippen LogP contribution < -0.4 is 10.2 Å². The lowest BCUT2D eigenvalue weighted by Crippen LogP contribution is -2.40. The number of nitrogens with zero attached hydrogens (tertiary/aromatic N) is 5. The van der Waals surface area contributed by atoms with Crippen molar-refractivity contribution in [3.8, 4) is 0 Å². The Labute approximate surface area is 309 Å². The number of aliphatic hydroxyl groups is 3. The normalized spacial score (nSPS) is 22.2. The van der Waals surface area contributed by atoms with Gasteiger partial charge in [0.25, 0.3) is 0 Å². The van der Waals surface area contributed by atoms with Crippen molar-refractivity contribution in [2.24, 2.45) is 0 Å². The molecule has 0 spiro atoms. The van der Waals surface area contributed by atoms with Gasteiger partial charge in [0.1, 0.15) is 29.4 Å². The molecule has 4 heterocycles. The number of aromatic nitrogens is 4. The van der Waals surface area contributed by atoms with E-state index in [1.165, 1.54) is 11.1 Å². The van der Waals surface area contributed by atoms with Crippen molar-refractivity contribution in [2.45, 2.75) is 94.7 Å². The highest BCUT2D eigenvalue weighted by Gasteiger charge is 2.44. The molecule has 1 unspecified atom stereocenters. The number of alkyl carbamates (subject to hydrolysis) is 1. The van der Waals surface area contributed by atoms with Crippen LogP contribution in [-0.2, 0) is 14.3 Å². The van der Waals surface area contributed by atoms with Crippen LogP contribution in [0.1, 0.15) is 75.4 Å². The summed E-state index contributed by atoms with van der Waals surface area (Å²) in [6.07, 6.45) is -7.08. The molecule has 2 aromatic heterocycles. The lowest BCUT2D eigenvalue weighted by Gasteiger charge is -2.24. The number of hydrogen-bond acceptors (Lipinski definition) is 11. The van der Waals surface area contributed by atoms with Crippen molar-refractivity contribution < 1.29 is 52.7 Å². The van der Waals surface area contributed by atoms with E-state index in [1.54, 1.807) is 10.9 Å². The molecule has 2 fully saturated rings. The van der Waals surface area contributed by atoms with Gasteiger partial charge in [-0.15, -0.1) is 0 Å². The third-order valence-electron chi connectivity index (χ3n) is 9.12. The SMILES string of the molecule is CC(CC(c1ccccc1)c1ccccc1)c1nc(N2CC[C@@H](NC(=O)OC(C)(C)C)C2)nc2c1ncn2[C@@H]1O[C@H](CO)[C@@H](O)[C@H]1O.O=C(O)C(F)(F)F. The molecule has 0 radical (unpaired) electrons. The Morgan fingerprint density at radius 2 is 1.59 bits per heavy atom. The second-order valence-corrected chi connectivity index (χ2v) is 14.4. The van der Waals surface area contributed by atoms with Crippen molar-refractivity contribution in [3.05, 3.63) is 83.8 Å². The Morgan fingerprint density at radius 1 is 1.00 bits per heavy atom. The van der Waals surface area contributed by atoms with E-state index in [9.17, 15) is 33.3 Å². The van der Waals surface area contributed by atoms with Crippen LogP contribution in [0.25, 0.3) is 11.2 Å². The van der Waals surface area contributed by atoms with Gasteiger partial charge in [0.2, 0.25) is 5.95 Å². The zero-order valence-corrected chi connectivity index (χ0v) is 30.2. The summed E-state index contributed by atoms with van der Waals surface area (Å²) in [6.45, 7) is 8.27. The van der Waals surface area contributed by atoms with Gasteiger partial charge in [-0.2, -0.15) is 18.2 Å². The Bertz CT molecular complexity index is 1840. The second kappa shape index (κ2) is 16.7. The van der Waals surface area contributed by atoms with Gasteiger partial charge in [-0.3, -0.25) is 4.57 Å². The van der Waals surface area contributed by atoms with Gasteiger partial charge in [-0.1, -0.05) is 67.6 Å². The van der Waals surface area contributed by atoms with Crippen molar-refractivity contribution in [3.63, 3.8) is 0 Å². The van der Waals surface area contributed by atoms with E-state index in [1.807, 2.05) is 37.8 Å². The van der Waals surface area contributed by atoms with Crippen LogP contribution in [0.2, 0.25) is 0 Å². The molecule has 14 nitrogen and oxygen atoms in total. The first-order chi connectivity index (χ1) is 25.5. The number of amides is 1. The molecular weight excluding hydrogens is 713 g/mol. The zero-order valence-electron chi connectivity index (χ0n) is 30.2. The average molecular weight is 759 g/mol. The number of rotatable bonds is 9. The number of benzene rings is 2. The molecule has 1 amide bonds. The minimum Gasteiger partial charge on any atom is -0.475 e. The summed E-state index contributed by atoms with van der Waals surface area (Å²) in [5.74, 6) is -2.26. The lowest BCUT2D eigenvalue weighted by molar-refractivity contribution is -0.192. The lowest BCUT2D eigenvalue weighted by atomic mass is 9.83. The summed E-state index contributed by atoms with van der Waals surface area (Å²) in [5.41, 5.74) is 3.56. The van der Waals surface area contributed by atoms with Gasteiger partial charge in [-0.05, 0) is 44.7 Å². The van der Waals surface area contributed by atoms with E-state index in [0.29, 0.717) is 36.6 Å². The highest BCUT2D eigenvalue weighted by Crippen LogP contribution is 2.38. The summed E-state index contributed by atoms with van der Waals surface area (Å²) in [7, 11) is 0. The third-order valence-corrected chi connectivity index (χ3v) is 9.12. The number of aliphatic hydroxyl groups excluding tert-OH is 3. The number of aliphatic carboxylic acids is 1. The van der Waals surface area contributed by atoms with Gasteiger partial charge in [0.05, 0.1) is 24.7 Å². The number of carbonyl (C=O) groups is 2. The standard InChI is InChI=1S/C35H44N6O6.C2HF3O2/c1-21(17-25(22-11-7-5-8-12-22)23-13-9-6-10-14-23)27-28-31(41(20-36-28)32-30(44)29(43)26(19-42)46-32)39-33(38-27)40-16-15-24(18-40)37-34(45)47-35(2,3)4;3-2(4,5)1(6)7/h5-14,20-21,24-26,29-30,32,42-44H,15-19H2,1-4H3,(H,37,45);(H,6,7)/t21?,24-,26-,29-,30-,32-;/m1./s1. The predicted octanol–water partition coefficient (Wildman–Crippen LogP) is 4.50. The number of anilines is 1. The number of carbonyl (C=O) groups excluding carboxylic acids is 1. The topological polar surface area (TPSA) is 192 Å². The van der Waals surface area contributed by atoms with Crippen molar-refractivity contribution >= 4 is 29.2 Å². The Kier molecular flexibility index (Phi) is 12.5. The number of fused-ring (bicyclic) bond motifs is 1. The highest BCUT2D eigenvalue weighted by molar-refractivity contribution is 5.76. The van der Waals surface area contributed by atoms with E-state index < -0.39 is 55.0 Å². The fraction of sp³-hybridized carbons (Fsp3) is 0.486. The van der Waals surface area contributed by atoms with Gasteiger partial charge < -0.3 is 40.1 Å². The third kappa shape index (κ3) is 9.63. The molecule has 4 aromatic rings. The molecule has 2 aliphatic heterocycles. The van der Waals surface area contributed by atoms with Gasteiger partial charge >= 0.3 is 18.2 Å². The summed E-state index contributed by atoms with van der Waals surface area (Å²) in [5, 5.41) is 41.2. The van der Waals surface area contributed by atoms with Crippen LogP contribution in [0.5, 0.6) is 0 Å². The number of nitrogens with one attached hydrogen (secondary N) is 1. The fourth-order valence-corrected chi connectivity index (χ4v) is 6.54. The number of carboxylic acids is 1. The molecule has 5 N–H and O–H groups in total. The van der Waals surface area contributed by atoms with E-state index in [4.69, 9.17) is 34.3 Å². The summed E-state index contributed by atoms with van der Waals surface area (Å²) in [6, 6.07) is 20.6. The Morgan fingerprint density at radius 3 is 2.11 bits per heavy atom. The zero-order chi connectivity index (χ0) is 39.4. The van der Waals surface area contributed by atoms with Crippen molar-refractivity contribution in [1.82, 2.24) is 24.8 Å². The predicted molar refractivity (Wildman–Crippen MR) is 190 cm³/mol. The molecule has 0 aliphatic carbocycles. The van der Waals surface area contributed by atoms with E-state index in [0.717, 1.165) is 12.1 Å². The molecule has 6 atom stereocenters. The smallest absolute Gasteiger partial charge is 0.475 e. The number of imidazole rings is 1. The number of hydrogen-bond donors (Lipinski definition) is 5. The van der Waals surface area contributed by atoms with Crippen molar-refractivity contribution in [1.29, 1.82) is 0 Å². The van der Waals surface area contributed by atoms with Crippen LogP contribution >= 0.6 is 0 Å². The first-order valence-corrected chi connectivity index (χ1v) is 17.5. The average Bonchev–Trinajstić information content (AvgIpc) is 3.84. The largest absolute Gasteiger partial charge is 0.490 e. The van der Waals surface area contributed by atoms with Crippen molar-refractivity contribution in [2.75, 3.05) is 24.6 Å². The molecule has 0 bridgehead atoms. The molecule has 0 saturated carbocycles. The fourth-order valence-electron chi connectivity index (χ4n) is 6.54. The number of alkyl halides is 3. The Hall–Kier alpha value is -4.84. The van der Waals surface area contributed by atoms with Gasteiger partial charge in [0.15, 0.2) is 11.9 Å². The van der Waals surface area contributed by atoms with Gasteiger partial charge in [-0.25, -0.2) is 19.6 Å². The summed E-state index contributed by atoms with van der Waals surface area (Å²) in [4.78, 5) is 38.2. The molecule has 292 valence electrons. The number of carboxylic acid groups (broad SMARTS) is 1. The molecule has 6 rings (SSSR count). The monoisotopic (exact) mass is 758 g/mol. The highest BCUT2D eigenvalue weighted by atomic mass is 19.4. The van der Waals surface area contributed by atoms with E-state index in [2.05, 4.69) is 60.8 Å². The van der Waals surface area contributed by atoms with Crippen LogP contribution in [0.3, 0.4) is 0 Å². The maximum atomic E-state index is 12.5. The molecule has 2 saturated heterocycles. The summed E-state index contributed by atoms with van der Waals surface area (Å²) >= 11 is 0. The van der Waals surface area contributed by atoms with E-state index in [-0.39, 0.29) is 17.9 Å². The van der Waals surface area contributed by atoms with Crippen LogP contribution in [0.4, 0.5) is 23.9 Å². The molecule has 2 aliphatic rings. The summed E-state index contributed by atoms with van der Waals surface area (Å²) < 4.78 is 44.7. The second-order valence-electron chi connectivity index (χ2n) is 14.4. The van der Waals surface area contributed by atoms with Gasteiger partial charge in [0, 0.05) is 24.9 Å².